The second-order valence-corrected chi connectivity index (χ2v) is 2.41. The Kier molecular flexibility index (Phi) is 3.43. The lowest BCUT2D eigenvalue weighted by Gasteiger charge is -1.98. The summed E-state index contributed by atoms with van der Waals surface area (Å²) in [6.45, 7) is 0. The van der Waals surface area contributed by atoms with Crippen LogP contribution >= 0.6 is 0 Å². The Balaban J connectivity index is 2.54. The van der Waals surface area contributed by atoms with E-state index < -0.39 is 11.9 Å². The maximum atomic E-state index is 10.9. The molecule has 0 heterocycles. The van der Waals surface area contributed by atoms with E-state index >= 15 is 0 Å². The molecule has 0 atom stereocenters. The van der Waals surface area contributed by atoms with Crippen LogP contribution in [0.3, 0.4) is 0 Å². The second kappa shape index (κ2) is 4.81. The molecule has 0 bridgehead atoms. The van der Waals surface area contributed by atoms with Gasteiger partial charge in [-0.15, -0.1) is 0 Å². The fourth-order valence-corrected chi connectivity index (χ4v) is 0.778. The average molecular weight is 192 g/mol. The van der Waals surface area contributed by atoms with E-state index in [0.29, 0.717) is 5.75 Å². The number of carboxylic acid groups (broad SMARTS) is 1. The minimum Gasteiger partial charge on any atom is -0.478 e. The molecule has 1 rings (SSSR count). The number of ether oxygens (including phenoxy) is 1. The maximum Gasteiger partial charge on any atom is 0.336 e. The zero-order chi connectivity index (χ0) is 10.4. The maximum absolute atomic E-state index is 10.9. The van der Waals surface area contributed by atoms with Gasteiger partial charge in [0.2, 0.25) is 0 Å². The van der Waals surface area contributed by atoms with Gasteiger partial charge in [-0.1, -0.05) is 18.2 Å². The summed E-state index contributed by atoms with van der Waals surface area (Å²) < 4.78 is 4.78. The Hall–Kier alpha value is -2.10. The van der Waals surface area contributed by atoms with E-state index in [2.05, 4.69) is 0 Å². The van der Waals surface area contributed by atoms with Gasteiger partial charge in [0, 0.05) is 12.2 Å². The Morgan fingerprint density at radius 3 is 2.36 bits per heavy atom. The van der Waals surface area contributed by atoms with Crippen LogP contribution in [0.2, 0.25) is 0 Å². The van der Waals surface area contributed by atoms with Crippen LogP contribution in [0.5, 0.6) is 5.75 Å². The Morgan fingerprint density at radius 2 is 1.79 bits per heavy atom. The summed E-state index contributed by atoms with van der Waals surface area (Å²) in [7, 11) is 0. The van der Waals surface area contributed by atoms with Crippen molar-refractivity contribution in [3.05, 3.63) is 42.5 Å². The van der Waals surface area contributed by atoms with Gasteiger partial charge in [0.05, 0.1) is 0 Å². The molecule has 0 spiro atoms. The van der Waals surface area contributed by atoms with Crippen LogP contribution in [0, 0.1) is 0 Å². The van der Waals surface area contributed by atoms with Crippen molar-refractivity contribution in [3.63, 3.8) is 0 Å². The van der Waals surface area contributed by atoms with E-state index in [1.807, 2.05) is 0 Å². The van der Waals surface area contributed by atoms with Gasteiger partial charge in [-0.25, -0.2) is 9.59 Å². The zero-order valence-corrected chi connectivity index (χ0v) is 7.21. The molecule has 0 fully saturated rings. The largest absolute Gasteiger partial charge is 0.478 e. The molecule has 0 aliphatic heterocycles. The Bertz CT molecular complexity index is 354. The van der Waals surface area contributed by atoms with Gasteiger partial charge in [0.25, 0.3) is 0 Å². The highest BCUT2D eigenvalue weighted by atomic mass is 16.5. The minimum atomic E-state index is -1.19. The van der Waals surface area contributed by atoms with E-state index in [9.17, 15) is 9.59 Å². The third-order valence-electron chi connectivity index (χ3n) is 1.32. The number of carboxylic acids is 1. The summed E-state index contributed by atoms with van der Waals surface area (Å²) in [5, 5.41) is 8.23. The van der Waals surface area contributed by atoms with E-state index in [4.69, 9.17) is 9.84 Å². The molecule has 0 unspecified atom stereocenters. The number of carbonyl (C=O) groups excluding carboxylic acids is 1. The SMILES string of the molecule is O=C(O)C=CC(=O)Oc1ccccc1. The zero-order valence-electron chi connectivity index (χ0n) is 7.21. The van der Waals surface area contributed by atoms with Crippen molar-refractivity contribution in [1.29, 1.82) is 0 Å². The van der Waals surface area contributed by atoms with Crippen molar-refractivity contribution in [2.75, 3.05) is 0 Å². The van der Waals surface area contributed by atoms with E-state index in [1.54, 1.807) is 30.3 Å². The standard InChI is InChI=1S/C10H8O4/c11-9(12)6-7-10(13)14-8-4-2-1-3-5-8/h1-7H,(H,11,12). The fourth-order valence-electron chi connectivity index (χ4n) is 0.778. The lowest BCUT2D eigenvalue weighted by molar-refractivity contribution is -0.133. The number of hydrogen-bond donors (Lipinski definition) is 1. The van der Waals surface area contributed by atoms with E-state index in [1.165, 1.54) is 0 Å². The molecule has 0 aliphatic rings. The first-order valence-corrected chi connectivity index (χ1v) is 3.86. The molecule has 0 saturated carbocycles. The van der Waals surface area contributed by atoms with E-state index in [0.717, 1.165) is 12.2 Å². The number of para-hydroxylation sites is 1. The smallest absolute Gasteiger partial charge is 0.336 e. The molecule has 72 valence electrons. The molecule has 1 aromatic carbocycles. The van der Waals surface area contributed by atoms with Gasteiger partial charge in [-0.3, -0.25) is 0 Å². The number of hydrogen-bond acceptors (Lipinski definition) is 3. The summed E-state index contributed by atoms with van der Waals surface area (Å²) in [5.41, 5.74) is 0. The normalized spacial score (nSPS) is 10.0. The molecule has 1 N–H and O–H groups in total. The molecule has 0 radical (unpaired) electrons. The molecule has 0 saturated heterocycles. The molecule has 0 aliphatic carbocycles. The van der Waals surface area contributed by atoms with Crippen LogP contribution in [-0.2, 0) is 9.59 Å². The number of esters is 1. The predicted octanol–water partition coefficient (Wildman–Crippen LogP) is 1.23. The molecule has 1 aromatic rings. The van der Waals surface area contributed by atoms with Crippen molar-refractivity contribution in [1.82, 2.24) is 0 Å². The molecule has 4 heteroatoms. The van der Waals surface area contributed by atoms with E-state index in [-0.39, 0.29) is 0 Å². The molecule has 4 nitrogen and oxygen atoms in total. The molecule has 0 aromatic heterocycles. The molecule has 14 heavy (non-hydrogen) atoms. The fraction of sp³-hybridized carbons (Fsp3) is 0. The summed E-state index contributed by atoms with van der Waals surface area (Å²) >= 11 is 0. The van der Waals surface area contributed by atoms with Gasteiger partial charge in [0.1, 0.15) is 5.75 Å². The number of aliphatic carboxylic acids is 1. The van der Waals surface area contributed by atoms with Crippen LogP contribution < -0.4 is 4.74 Å². The summed E-state index contributed by atoms with van der Waals surface area (Å²) in [6.07, 6.45) is 1.58. The van der Waals surface area contributed by atoms with Crippen molar-refractivity contribution in [3.8, 4) is 5.75 Å². The summed E-state index contributed by atoms with van der Waals surface area (Å²) in [6, 6.07) is 8.41. The third kappa shape index (κ3) is 3.53. The topological polar surface area (TPSA) is 63.6 Å². The van der Waals surface area contributed by atoms with Crippen molar-refractivity contribution < 1.29 is 19.4 Å². The van der Waals surface area contributed by atoms with Crippen LogP contribution in [0.1, 0.15) is 0 Å². The van der Waals surface area contributed by atoms with Crippen LogP contribution in [0.4, 0.5) is 0 Å². The highest BCUT2D eigenvalue weighted by Crippen LogP contribution is 2.08. The highest BCUT2D eigenvalue weighted by Gasteiger charge is 1.99. The van der Waals surface area contributed by atoms with Crippen molar-refractivity contribution in [2.24, 2.45) is 0 Å². The molecular formula is C10H8O4. The molecular weight excluding hydrogens is 184 g/mol. The van der Waals surface area contributed by atoms with Gasteiger partial charge in [-0.05, 0) is 12.1 Å². The number of carbonyl (C=O) groups is 2. The lowest BCUT2D eigenvalue weighted by atomic mass is 10.3. The quantitative estimate of drug-likeness (QED) is 0.444. The Morgan fingerprint density at radius 1 is 1.14 bits per heavy atom. The van der Waals surface area contributed by atoms with Crippen LogP contribution in [0.25, 0.3) is 0 Å². The van der Waals surface area contributed by atoms with Crippen LogP contribution in [-0.4, -0.2) is 17.0 Å². The van der Waals surface area contributed by atoms with Crippen molar-refractivity contribution in [2.45, 2.75) is 0 Å². The van der Waals surface area contributed by atoms with Gasteiger partial charge >= 0.3 is 11.9 Å². The second-order valence-electron chi connectivity index (χ2n) is 2.41. The highest BCUT2D eigenvalue weighted by molar-refractivity contribution is 5.91. The third-order valence-corrected chi connectivity index (χ3v) is 1.32. The summed E-state index contributed by atoms with van der Waals surface area (Å²) in [4.78, 5) is 21.0. The lowest BCUT2D eigenvalue weighted by Crippen LogP contribution is -2.04. The first kappa shape index (κ1) is 9.98. The van der Waals surface area contributed by atoms with Crippen LogP contribution in [0.15, 0.2) is 42.5 Å². The molecule has 0 amide bonds. The number of rotatable bonds is 3. The van der Waals surface area contributed by atoms with Crippen molar-refractivity contribution >= 4 is 11.9 Å². The monoisotopic (exact) mass is 192 g/mol. The summed E-state index contributed by atoms with van der Waals surface area (Å²) in [5.74, 6) is -1.51. The first-order valence-electron chi connectivity index (χ1n) is 3.86. The number of benzene rings is 1. The first-order chi connectivity index (χ1) is 6.68. The average Bonchev–Trinajstić information content (AvgIpc) is 2.16. The predicted molar refractivity (Wildman–Crippen MR) is 48.9 cm³/mol. The van der Waals surface area contributed by atoms with Gasteiger partial charge < -0.3 is 9.84 Å². The van der Waals surface area contributed by atoms with Gasteiger partial charge in [0.15, 0.2) is 0 Å². The Labute approximate surface area is 80.4 Å². The van der Waals surface area contributed by atoms with Gasteiger partial charge in [-0.2, -0.15) is 0 Å². The minimum absolute atomic E-state index is 0.382.